The fourth-order valence-electron chi connectivity index (χ4n) is 4.13. The number of anilines is 2. The molecule has 2 heterocycles. The van der Waals surface area contributed by atoms with Crippen LogP contribution in [0.1, 0.15) is 11.1 Å². The maximum atomic E-state index is 13.4. The summed E-state index contributed by atoms with van der Waals surface area (Å²) in [6.07, 6.45) is 1.69. The first-order valence-corrected chi connectivity index (χ1v) is 12.5. The second kappa shape index (κ2) is 8.96. The molecule has 0 bridgehead atoms. The van der Waals surface area contributed by atoms with Gasteiger partial charge in [0.25, 0.3) is 15.9 Å². The van der Waals surface area contributed by atoms with Crippen molar-refractivity contribution in [2.75, 3.05) is 30.0 Å². The van der Waals surface area contributed by atoms with E-state index in [1.807, 2.05) is 55.5 Å². The van der Waals surface area contributed by atoms with Crippen molar-refractivity contribution in [1.29, 1.82) is 0 Å². The van der Waals surface area contributed by atoms with E-state index in [0.29, 0.717) is 25.2 Å². The Bertz CT molecular complexity index is 1440. The maximum absolute atomic E-state index is 13.4. The van der Waals surface area contributed by atoms with E-state index in [1.54, 1.807) is 35.4 Å². The van der Waals surface area contributed by atoms with E-state index in [-0.39, 0.29) is 17.4 Å². The maximum Gasteiger partial charge on any atom is 0.268 e. The molecule has 4 aromatic rings. The number of carbonyl (C=O) groups excluding carboxylic acids is 1. The number of morpholine rings is 1. The second-order valence-electron chi connectivity index (χ2n) is 8.28. The van der Waals surface area contributed by atoms with Gasteiger partial charge in [0.15, 0.2) is 0 Å². The number of nitrogens with one attached hydrogen (secondary N) is 1. The standard InChI is InChI=1S/C26H25N3O4S/c1-19-6-12-23(13-7-19)34(31,32)29-17-20(24-4-2-3-5-25(24)29)16-27-21-8-10-22(11-9-21)28-14-15-33-18-26(28)30/h2-13,17,27H,14-16,18H2,1H3. The molecule has 1 aliphatic heterocycles. The van der Waals surface area contributed by atoms with Gasteiger partial charge < -0.3 is 15.0 Å². The van der Waals surface area contributed by atoms with Gasteiger partial charge in [-0.15, -0.1) is 0 Å². The van der Waals surface area contributed by atoms with Crippen LogP contribution in [0.3, 0.4) is 0 Å². The molecular formula is C26H25N3O4S. The Kier molecular flexibility index (Phi) is 5.85. The summed E-state index contributed by atoms with van der Waals surface area (Å²) >= 11 is 0. The van der Waals surface area contributed by atoms with Gasteiger partial charge in [-0.1, -0.05) is 35.9 Å². The van der Waals surface area contributed by atoms with Gasteiger partial charge in [-0.25, -0.2) is 12.4 Å². The van der Waals surface area contributed by atoms with E-state index in [2.05, 4.69) is 5.32 Å². The molecule has 0 aliphatic carbocycles. The molecular weight excluding hydrogens is 450 g/mol. The molecule has 0 unspecified atom stereocenters. The molecule has 1 saturated heterocycles. The zero-order valence-corrected chi connectivity index (χ0v) is 19.6. The molecule has 8 heteroatoms. The molecule has 1 amide bonds. The Morgan fingerprint density at radius 3 is 2.44 bits per heavy atom. The predicted octanol–water partition coefficient (Wildman–Crippen LogP) is 4.16. The van der Waals surface area contributed by atoms with E-state index >= 15 is 0 Å². The second-order valence-corrected chi connectivity index (χ2v) is 10.1. The van der Waals surface area contributed by atoms with Crippen molar-refractivity contribution in [1.82, 2.24) is 3.97 Å². The third-order valence-corrected chi connectivity index (χ3v) is 7.67. The summed E-state index contributed by atoms with van der Waals surface area (Å²) in [7, 11) is -3.73. The molecule has 3 aromatic carbocycles. The Balaban J connectivity index is 1.40. The molecule has 7 nitrogen and oxygen atoms in total. The van der Waals surface area contributed by atoms with Gasteiger partial charge in [-0.2, -0.15) is 0 Å². The zero-order chi connectivity index (χ0) is 23.7. The van der Waals surface area contributed by atoms with Crippen LogP contribution >= 0.6 is 0 Å². The summed E-state index contributed by atoms with van der Waals surface area (Å²) < 4.78 is 33.3. The van der Waals surface area contributed by atoms with Crippen molar-refractivity contribution >= 4 is 38.2 Å². The fraction of sp³-hybridized carbons (Fsp3) is 0.192. The summed E-state index contributed by atoms with van der Waals surface area (Å²) in [6.45, 7) is 3.56. The number of amides is 1. The highest BCUT2D eigenvalue weighted by Crippen LogP contribution is 2.27. The Hall–Kier alpha value is -3.62. The number of fused-ring (bicyclic) bond motifs is 1. The first-order chi connectivity index (χ1) is 16.4. The Morgan fingerprint density at radius 1 is 0.971 bits per heavy atom. The van der Waals surface area contributed by atoms with Gasteiger partial charge in [-0.3, -0.25) is 4.79 Å². The van der Waals surface area contributed by atoms with Gasteiger partial charge in [-0.05, 0) is 55.0 Å². The van der Waals surface area contributed by atoms with Gasteiger partial charge in [0.05, 0.1) is 17.0 Å². The first-order valence-electron chi connectivity index (χ1n) is 11.1. The van der Waals surface area contributed by atoms with Crippen LogP contribution in [0, 0.1) is 6.92 Å². The lowest BCUT2D eigenvalue weighted by Gasteiger charge is -2.27. The lowest BCUT2D eigenvalue weighted by atomic mass is 10.1. The number of nitrogens with zero attached hydrogens (tertiary/aromatic N) is 2. The minimum absolute atomic E-state index is 0.0467. The molecule has 1 aromatic heterocycles. The first kappa shape index (κ1) is 22.2. The van der Waals surface area contributed by atoms with Crippen molar-refractivity contribution in [2.45, 2.75) is 18.4 Å². The number of benzene rings is 3. The largest absolute Gasteiger partial charge is 0.381 e. The van der Waals surface area contributed by atoms with Crippen molar-refractivity contribution < 1.29 is 17.9 Å². The number of ether oxygens (including phenoxy) is 1. The van der Waals surface area contributed by atoms with Crippen LogP contribution in [0.15, 0.2) is 83.9 Å². The van der Waals surface area contributed by atoms with Crippen LogP contribution in [0.2, 0.25) is 0 Å². The lowest BCUT2D eigenvalue weighted by molar-refractivity contribution is -0.125. The third-order valence-electron chi connectivity index (χ3n) is 5.99. The highest BCUT2D eigenvalue weighted by molar-refractivity contribution is 7.90. The normalized spacial score (nSPS) is 14.5. The quantitative estimate of drug-likeness (QED) is 0.453. The summed E-state index contributed by atoms with van der Waals surface area (Å²) in [6, 6.07) is 22.0. The Morgan fingerprint density at radius 2 is 1.71 bits per heavy atom. The van der Waals surface area contributed by atoms with Crippen molar-refractivity contribution in [3.8, 4) is 0 Å². The van der Waals surface area contributed by atoms with Crippen LogP contribution in [0.5, 0.6) is 0 Å². The number of aryl methyl sites for hydroxylation is 1. The Labute approximate surface area is 198 Å². The lowest BCUT2D eigenvalue weighted by Crippen LogP contribution is -2.41. The third kappa shape index (κ3) is 4.18. The highest BCUT2D eigenvalue weighted by atomic mass is 32.2. The monoisotopic (exact) mass is 475 g/mol. The summed E-state index contributed by atoms with van der Waals surface area (Å²) in [5.41, 5.74) is 4.23. The summed E-state index contributed by atoms with van der Waals surface area (Å²) in [5, 5.41) is 4.25. The molecule has 34 heavy (non-hydrogen) atoms. The topological polar surface area (TPSA) is 80.6 Å². The molecule has 0 saturated carbocycles. The zero-order valence-electron chi connectivity index (χ0n) is 18.8. The van der Waals surface area contributed by atoms with Gasteiger partial charge >= 0.3 is 0 Å². The molecule has 0 atom stereocenters. The fourth-order valence-corrected chi connectivity index (χ4v) is 5.52. The SMILES string of the molecule is Cc1ccc(S(=O)(=O)n2cc(CNc3ccc(N4CCOCC4=O)cc3)c3ccccc32)cc1. The number of rotatable bonds is 6. The number of aromatic nitrogens is 1. The molecule has 174 valence electrons. The van der Waals surface area contributed by atoms with Gasteiger partial charge in [0.1, 0.15) is 6.61 Å². The van der Waals surface area contributed by atoms with E-state index < -0.39 is 10.0 Å². The van der Waals surface area contributed by atoms with Crippen LogP contribution in [0.25, 0.3) is 10.9 Å². The number of para-hydroxylation sites is 1. The molecule has 1 fully saturated rings. The van der Waals surface area contributed by atoms with Crippen LogP contribution < -0.4 is 10.2 Å². The van der Waals surface area contributed by atoms with Gasteiger partial charge in [0.2, 0.25) is 0 Å². The molecule has 5 rings (SSSR count). The molecule has 1 aliphatic rings. The van der Waals surface area contributed by atoms with Gasteiger partial charge in [0, 0.05) is 36.0 Å². The highest BCUT2D eigenvalue weighted by Gasteiger charge is 2.22. The van der Waals surface area contributed by atoms with Crippen LogP contribution in [-0.2, 0) is 26.1 Å². The number of carbonyl (C=O) groups is 1. The average molecular weight is 476 g/mol. The number of hydrogen-bond acceptors (Lipinski definition) is 5. The van der Waals surface area contributed by atoms with Crippen molar-refractivity contribution in [2.24, 2.45) is 0 Å². The molecule has 0 spiro atoms. The minimum Gasteiger partial charge on any atom is -0.381 e. The smallest absolute Gasteiger partial charge is 0.268 e. The average Bonchev–Trinajstić information content (AvgIpc) is 3.23. The van der Waals surface area contributed by atoms with E-state index in [9.17, 15) is 13.2 Å². The van der Waals surface area contributed by atoms with E-state index in [1.165, 1.54) is 3.97 Å². The predicted molar refractivity (Wildman–Crippen MR) is 133 cm³/mol. The molecule has 1 N–H and O–H groups in total. The van der Waals surface area contributed by atoms with E-state index in [4.69, 9.17) is 4.74 Å². The van der Waals surface area contributed by atoms with Crippen LogP contribution in [0.4, 0.5) is 11.4 Å². The van der Waals surface area contributed by atoms with Crippen molar-refractivity contribution in [3.63, 3.8) is 0 Å². The van der Waals surface area contributed by atoms with Crippen molar-refractivity contribution in [3.05, 3.63) is 90.1 Å². The summed E-state index contributed by atoms with van der Waals surface area (Å²) in [4.78, 5) is 14.0. The van der Waals surface area contributed by atoms with Crippen LogP contribution in [-0.4, -0.2) is 38.1 Å². The minimum atomic E-state index is -3.73. The molecule has 0 radical (unpaired) electrons. The van der Waals surface area contributed by atoms with E-state index in [0.717, 1.165) is 27.9 Å². The summed E-state index contributed by atoms with van der Waals surface area (Å²) in [5.74, 6) is -0.0467. The number of hydrogen-bond donors (Lipinski definition) is 1.